The molecular formula is C17H17N3O. The van der Waals surface area contributed by atoms with Gasteiger partial charge in [-0.05, 0) is 23.3 Å². The largest absolute Gasteiger partial charge is 0.352 e. The smallest absolute Gasteiger partial charge is 0.251 e. The lowest BCUT2D eigenvalue weighted by Crippen LogP contribution is -2.25. The number of aryl methyl sites for hydroxylation is 1. The zero-order valence-electron chi connectivity index (χ0n) is 11.7. The maximum atomic E-state index is 12.3. The molecule has 0 saturated heterocycles. The van der Waals surface area contributed by atoms with Crippen molar-refractivity contribution in [3.8, 4) is 0 Å². The summed E-state index contributed by atoms with van der Waals surface area (Å²) >= 11 is 0. The highest BCUT2D eigenvalue weighted by molar-refractivity contribution is 6.06. The van der Waals surface area contributed by atoms with Gasteiger partial charge in [-0.2, -0.15) is 0 Å². The van der Waals surface area contributed by atoms with Gasteiger partial charge in [0.1, 0.15) is 5.82 Å². The number of nitrogens with one attached hydrogen (secondary N) is 2. The molecule has 0 atom stereocenters. The van der Waals surface area contributed by atoms with Crippen LogP contribution in [0, 0.1) is 0 Å². The van der Waals surface area contributed by atoms with E-state index in [0.29, 0.717) is 6.54 Å². The molecule has 3 aromatic rings. The van der Waals surface area contributed by atoms with Crippen molar-refractivity contribution in [3.63, 3.8) is 0 Å². The summed E-state index contributed by atoms with van der Waals surface area (Å²) in [7, 11) is 0. The summed E-state index contributed by atoms with van der Waals surface area (Å²) in [5, 5.41) is 5.05. The Morgan fingerprint density at radius 2 is 2.00 bits per heavy atom. The monoisotopic (exact) mass is 279 g/mol. The summed E-state index contributed by atoms with van der Waals surface area (Å²) in [6.07, 6.45) is 5.25. The van der Waals surface area contributed by atoms with Crippen molar-refractivity contribution in [2.75, 3.05) is 6.54 Å². The number of aromatic amines is 1. The Morgan fingerprint density at radius 1 is 1.14 bits per heavy atom. The molecule has 2 N–H and O–H groups in total. The van der Waals surface area contributed by atoms with Crippen LogP contribution in [-0.2, 0) is 6.42 Å². The Kier molecular flexibility index (Phi) is 3.96. The number of rotatable bonds is 5. The van der Waals surface area contributed by atoms with Crippen LogP contribution in [0.2, 0.25) is 0 Å². The fourth-order valence-corrected chi connectivity index (χ4v) is 2.41. The van der Waals surface area contributed by atoms with Crippen LogP contribution in [0.5, 0.6) is 0 Å². The minimum atomic E-state index is -0.0220. The average molecular weight is 279 g/mol. The molecule has 0 spiro atoms. The van der Waals surface area contributed by atoms with Crippen LogP contribution in [0.3, 0.4) is 0 Å². The van der Waals surface area contributed by atoms with E-state index in [1.54, 1.807) is 6.20 Å². The van der Waals surface area contributed by atoms with Crippen molar-refractivity contribution in [3.05, 3.63) is 66.2 Å². The number of hydrogen-bond donors (Lipinski definition) is 2. The van der Waals surface area contributed by atoms with Gasteiger partial charge in [-0.15, -0.1) is 0 Å². The van der Waals surface area contributed by atoms with E-state index in [1.807, 2.05) is 48.7 Å². The number of H-pyrrole nitrogens is 1. The predicted molar refractivity (Wildman–Crippen MR) is 83.2 cm³/mol. The van der Waals surface area contributed by atoms with Gasteiger partial charge in [-0.25, -0.2) is 4.98 Å². The Bertz CT molecular complexity index is 729. The number of carbonyl (C=O) groups excluding carboxylic acids is 1. The number of hydrogen-bond acceptors (Lipinski definition) is 2. The standard InChI is InChI=1S/C17H17N3O/c21-17(20-10-4-9-16-18-11-12-19-16)15-8-3-6-13-5-1-2-7-14(13)15/h1-3,5-8,11-12H,4,9-10H2,(H,18,19)(H,20,21). The van der Waals surface area contributed by atoms with Gasteiger partial charge in [0.05, 0.1) is 0 Å². The normalized spacial score (nSPS) is 10.7. The maximum Gasteiger partial charge on any atom is 0.251 e. The van der Waals surface area contributed by atoms with Gasteiger partial charge in [0.15, 0.2) is 0 Å². The topological polar surface area (TPSA) is 57.8 Å². The number of fused-ring (bicyclic) bond motifs is 1. The molecule has 0 bridgehead atoms. The lowest BCUT2D eigenvalue weighted by Gasteiger charge is -2.07. The first-order chi connectivity index (χ1) is 10.3. The van der Waals surface area contributed by atoms with Crippen LogP contribution in [0.1, 0.15) is 22.6 Å². The maximum absolute atomic E-state index is 12.3. The number of aromatic nitrogens is 2. The molecule has 4 nitrogen and oxygen atoms in total. The van der Waals surface area contributed by atoms with Gasteiger partial charge in [-0.3, -0.25) is 4.79 Å². The minimum absolute atomic E-state index is 0.0220. The summed E-state index contributed by atoms with van der Waals surface area (Å²) in [4.78, 5) is 19.5. The van der Waals surface area contributed by atoms with Crippen LogP contribution in [0.25, 0.3) is 10.8 Å². The fourth-order valence-electron chi connectivity index (χ4n) is 2.41. The van der Waals surface area contributed by atoms with Crippen LogP contribution < -0.4 is 5.32 Å². The first kappa shape index (κ1) is 13.4. The third kappa shape index (κ3) is 3.11. The van der Waals surface area contributed by atoms with Crippen LogP contribution in [-0.4, -0.2) is 22.4 Å². The van der Waals surface area contributed by atoms with Crippen LogP contribution in [0.4, 0.5) is 0 Å². The molecule has 0 unspecified atom stereocenters. The van der Waals surface area contributed by atoms with E-state index in [-0.39, 0.29) is 5.91 Å². The number of imidazole rings is 1. The van der Waals surface area contributed by atoms with E-state index in [9.17, 15) is 4.79 Å². The van der Waals surface area contributed by atoms with Crippen LogP contribution in [0.15, 0.2) is 54.9 Å². The van der Waals surface area contributed by atoms with E-state index in [0.717, 1.165) is 35.0 Å². The van der Waals surface area contributed by atoms with E-state index in [2.05, 4.69) is 15.3 Å². The Morgan fingerprint density at radius 3 is 2.86 bits per heavy atom. The van der Waals surface area contributed by atoms with Gasteiger partial charge in [-0.1, -0.05) is 36.4 Å². The molecule has 0 saturated carbocycles. The molecule has 3 rings (SSSR count). The Labute approximate surface area is 123 Å². The fraction of sp³-hybridized carbons (Fsp3) is 0.176. The summed E-state index contributed by atoms with van der Waals surface area (Å²) in [6, 6.07) is 13.7. The van der Waals surface area contributed by atoms with Gasteiger partial charge in [0, 0.05) is 30.9 Å². The van der Waals surface area contributed by atoms with E-state index >= 15 is 0 Å². The molecule has 1 amide bonds. The molecule has 4 heteroatoms. The third-order valence-corrected chi connectivity index (χ3v) is 3.47. The minimum Gasteiger partial charge on any atom is -0.352 e. The van der Waals surface area contributed by atoms with E-state index in [1.165, 1.54) is 0 Å². The van der Waals surface area contributed by atoms with E-state index in [4.69, 9.17) is 0 Å². The number of nitrogens with zero attached hydrogens (tertiary/aromatic N) is 1. The van der Waals surface area contributed by atoms with Crippen molar-refractivity contribution >= 4 is 16.7 Å². The Balaban J connectivity index is 1.62. The van der Waals surface area contributed by atoms with Crippen molar-refractivity contribution in [2.24, 2.45) is 0 Å². The molecule has 2 aromatic carbocycles. The third-order valence-electron chi connectivity index (χ3n) is 3.47. The summed E-state index contributed by atoms with van der Waals surface area (Å²) in [5.74, 6) is 0.931. The number of amides is 1. The molecule has 21 heavy (non-hydrogen) atoms. The molecule has 0 aliphatic rings. The second kappa shape index (κ2) is 6.22. The molecule has 0 fully saturated rings. The van der Waals surface area contributed by atoms with Crippen molar-refractivity contribution in [1.82, 2.24) is 15.3 Å². The molecule has 1 heterocycles. The van der Waals surface area contributed by atoms with Crippen LogP contribution >= 0.6 is 0 Å². The molecular weight excluding hydrogens is 262 g/mol. The van der Waals surface area contributed by atoms with Crippen molar-refractivity contribution in [1.29, 1.82) is 0 Å². The lowest BCUT2D eigenvalue weighted by atomic mass is 10.0. The predicted octanol–water partition coefficient (Wildman–Crippen LogP) is 2.93. The number of carbonyl (C=O) groups is 1. The molecule has 106 valence electrons. The first-order valence-corrected chi connectivity index (χ1v) is 7.09. The first-order valence-electron chi connectivity index (χ1n) is 7.09. The number of benzene rings is 2. The molecule has 0 radical (unpaired) electrons. The van der Waals surface area contributed by atoms with Gasteiger partial charge in [0.2, 0.25) is 0 Å². The summed E-state index contributed by atoms with van der Waals surface area (Å²) < 4.78 is 0. The molecule has 1 aromatic heterocycles. The zero-order valence-corrected chi connectivity index (χ0v) is 11.7. The lowest BCUT2D eigenvalue weighted by molar-refractivity contribution is 0.0955. The highest BCUT2D eigenvalue weighted by atomic mass is 16.1. The quantitative estimate of drug-likeness (QED) is 0.705. The van der Waals surface area contributed by atoms with Crippen molar-refractivity contribution < 1.29 is 4.79 Å². The highest BCUT2D eigenvalue weighted by Gasteiger charge is 2.08. The highest BCUT2D eigenvalue weighted by Crippen LogP contribution is 2.18. The second-order valence-corrected chi connectivity index (χ2v) is 4.92. The molecule has 0 aliphatic heterocycles. The summed E-state index contributed by atoms with van der Waals surface area (Å²) in [5.41, 5.74) is 0.728. The second-order valence-electron chi connectivity index (χ2n) is 4.92. The Hall–Kier alpha value is -2.62. The van der Waals surface area contributed by atoms with E-state index < -0.39 is 0 Å². The van der Waals surface area contributed by atoms with Gasteiger partial charge in [0.25, 0.3) is 5.91 Å². The van der Waals surface area contributed by atoms with Gasteiger partial charge < -0.3 is 10.3 Å². The van der Waals surface area contributed by atoms with Gasteiger partial charge >= 0.3 is 0 Å². The molecule has 0 aliphatic carbocycles. The SMILES string of the molecule is O=C(NCCCc1ncc[nH]1)c1cccc2ccccc12. The van der Waals surface area contributed by atoms with Crippen molar-refractivity contribution in [2.45, 2.75) is 12.8 Å². The zero-order chi connectivity index (χ0) is 14.5. The average Bonchev–Trinajstić information content (AvgIpc) is 3.04. The summed E-state index contributed by atoms with van der Waals surface area (Å²) in [6.45, 7) is 0.642.